The van der Waals surface area contributed by atoms with Crippen molar-refractivity contribution in [1.29, 1.82) is 0 Å². The number of hydrogen-bond donors (Lipinski definition) is 2. The summed E-state index contributed by atoms with van der Waals surface area (Å²) in [4.78, 5) is 12.6. The van der Waals surface area contributed by atoms with E-state index >= 15 is 0 Å². The second kappa shape index (κ2) is 7.60. The summed E-state index contributed by atoms with van der Waals surface area (Å²) in [5.41, 5.74) is -0.459. The van der Waals surface area contributed by atoms with Gasteiger partial charge in [0.25, 0.3) is 0 Å². The summed E-state index contributed by atoms with van der Waals surface area (Å²) in [6.07, 6.45) is -2.50. The number of nitrogens with zero attached hydrogens (tertiary/aromatic N) is 3. The molecule has 1 aliphatic rings. The highest BCUT2D eigenvalue weighted by atomic mass is 32.3. The van der Waals surface area contributed by atoms with E-state index in [2.05, 4.69) is 20.2 Å². The molecule has 3 rings (SSSR count). The van der Waals surface area contributed by atoms with Crippen molar-refractivity contribution in [2.75, 3.05) is 6.26 Å². The Bertz CT molecular complexity index is 924. The molecule has 12 heteroatoms. The van der Waals surface area contributed by atoms with E-state index in [1.54, 1.807) is 4.57 Å². The third-order valence-corrected chi connectivity index (χ3v) is 4.97. The molecule has 2 aromatic rings. The van der Waals surface area contributed by atoms with E-state index in [1.807, 2.05) is 0 Å². The van der Waals surface area contributed by atoms with Crippen LogP contribution in [0, 0.1) is 0 Å². The summed E-state index contributed by atoms with van der Waals surface area (Å²) in [7, 11) is -3.44. The molecule has 152 valence electrons. The first-order valence-corrected chi connectivity index (χ1v) is 10.2. The molecule has 8 nitrogen and oxygen atoms in total. The Hall–Kier alpha value is -2.31. The first kappa shape index (κ1) is 20.4. The van der Waals surface area contributed by atoms with E-state index in [0.29, 0.717) is 30.1 Å². The number of nitrogens with one attached hydrogen (secondary N) is 2. The van der Waals surface area contributed by atoms with Gasteiger partial charge < -0.3 is 14.4 Å². The van der Waals surface area contributed by atoms with Crippen LogP contribution in [0.4, 0.5) is 13.2 Å². The molecular formula is C16H18F3N5O3S. The first-order valence-electron chi connectivity index (χ1n) is 8.36. The van der Waals surface area contributed by atoms with E-state index in [4.69, 9.17) is 0 Å². The number of carbonyl (C=O) groups excluding carboxylic acids is 1. The van der Waals surface area contributed by atoms with Crippen LogP contribution in [0.2, 0.25) is 0 Å². The van der Waals surface area contributed by atoms with Crippen molar-refractivity contribution in [3.63, 3.8) is 0 Å². The zero-order chi connectivity index (χ0) is 20.5. The predicted octanol–water partition coefficient (Wildman–Crippen LogP) is 1.36. The van der Waals surface area contributed by atoms with Crippen molar-refractivity contribution in [3.05, 3.63) is 47.0 Å². The predicted molar refractivity (Wildman–Crippen MR) is 92.3 cm³/mol. The zero-order valence-electron chi connectivity index (χ0n) is 14.8. The maximum atomic E-state index is 12.8. The monoisotopic (exact) mass is 417 g/mol. The van der Waals surface area contributed by atoms with E-state index < -0.39 is 34.1 Å². The van der Waals surface area contributed by atoms with Crippen molar-refractivity contribution in [1.82, 2.24) is 24.8 Å². The number of hydrogen-bond acceptors (Lipinski definition) is 5. The van der Waals surface area contributed by atoms with Crippen LogP contribution in [0.1, 0.15) is 35.2 Å². The van der Waals surface area contributed by atoms with Gasteiger partial charge in [0.2, 0.25) is 5.91 Å². The van der Waals surface area contributed by atoms with Crippen LogP contribution in [-0.4, -0.2) is 31.5 Å². The van der Waals surface area contributed by atoms with Gasteiger partial charge in [-0.05, 0) is 24.1 Å². The summed E-state index contributed by atoms with van der Waals surface area (Å²) < 4.78 is 64.8. The highest BCUT2D eigenvalue weighted by Gasteiger charge is 2.33. The number of halogens is 3. The maximum Gasteiger partial charge on any atom is 0.416 e. The number of benzene rings is 1. The average molecular weight is 417 g/mol. The lowest BCUT2D eigenvalue weighted by molar-refractivity contribution is -0.137. The minimum Gasteiger partial charge on any atom is -0.598 e. The topological polar surface area (TPSA) is 112 Å². The lowest BCUT2D eigenvalue weighted by atomic mass is 10.1. The van der Waals surface area contributed by atoms with Gasteiger partial charge in [0, 0.05) is 13.0 Å². The van der Waals surface area contributed by atoms with Crippen molar-refractivity contribution >= 4 is 16.3 Å². The molecule has 2 heterocycles. The third-order valence-electron chi connectivity index (χ3n) is 4.31. The number of fused-ring (bicyclic) bond motifs is 1. The molecule has 1 aromatic carbocycles. The molecule has 2 atom stereocenters. The van der Waals surface area contributed by atoms with Gasteiger partial charge in [0.15, 0.2) is 5.82 Å². The van der Waals surface area contributed by atoms with Crippen LogP contribution in [0.3, 0.4) is 0 Å². The summed E-state index contributed by atoms with van der Waals surface area (Å²) in [6.45, 7) is -0.170. The number of aromatic nitrogens is 3. The maximum absolute atomic E-state index is 12.8. The van der Waals surface area contributed by atoms with Crippen LogP contribution in [0.15, 0.2) is 24.3 Å². The SMILES string of the molecule is C[S+](=O)([O-])NCc1nnc2n1C(C(=O)NCc1cccc(C(F)(F)F)c1)CC2. The molecule has 1 amide bonds. The van der Waals surface area contributed by atoms with E-state index in [1.165, 1.54) is 12.1 Å². The lowest BCUT2D eigenvalue weighted by Gasteiger charge is -2.16. The minimum absolute atomic E-state index is 0.0619. The number of sulfonamides is 1. The van der Waals surface area contributed by atoms with Gasteiger partial charge in [-0.1, -0.05) is 16.3 Å². The quantitative estimate of drug-likeness (QED) is 0.690. The highest BCUT2D eigenvalue weighted by molar-refractivity contribution is 7.95. The number of carbonyl (C=O) groups is 1. The van der Waals surface area contributed by atoms with Crippen LogP contribution < -0.4 is 10.0 Å². The Morgan fingerprint density at radius 1 is 1.36 bits per heavy atom. The Labute approximate surface area is 159 Å². The number of aryl methyl sites for hydroxylation is 1. The number of alkyl halides is 3. The fraction of sp³-hybridized carbons (Fsp3) is 0.438. The summed E-state index contributed by atoms with van der Waals surface area (Å²) in [6, 6.07) is 4.09. The number of amides is 1. The molecule has 1 aromatic heterocycles. The molecule has 0 fully saturated rings. The molecule has 0 aliphatic carbocycles. The lowest BCUT2D eigenvalue weighted by Crippen LogP contribution is -2.33. The van der Waals surface area contributed by atoms with Gasteiger partial charge in [-0.2, -0.15) is 13.2 Å². The standard InChI is InChI=1S/C16H18F3N5O3S/c1-28(26,27)21-9-14-23-22-13-6-5-12(24(13)14)15(25)20-8-10-3-2-4-11(7-10)16(17,18)19/h2-4,7,12H,5-6,8-9H2,1H3,(H2-,20,21,25,26,27). The van der Waals surface area contributed by atoms with Crippen LogP contribution in [0.25, 0.3) is 0 Å². The van der Waals surface area contributed by atoms with Crippen LogP contribution in [-0.2, 0) is 45.1 Å². The fourth-order valence-electron chi connectivity index (χ4n) is 3.02. The molecule has 2 unspecified atom stereocenters. The minimum atomic E-state index is -4.45. The smallest absolute Gasteiger partial charge is 0.416 e. The Morgan fingerprint density at radius 3 is 2.79 bits per heavy atom. The van der Waals surface area contributed by atoms with E-state index in [0.717, 1.165) is 18.4 Å². The van der Waals surface area contributed by atoms with Gasteiger partial charge in [-0.25, -0.2) is 0 Å². The van der Waals surface area contributed by atoms with Crippen molar-refractivity contribution in [2.24, 2.45) is 0 Å². The van der Waals surface area contributed by atoms with Crippen LogP contribution >= 0.6 is 0 Å². The normalized spacial score (nSPS) is 18.5. The Balaban J connectivity index is 1.68. The molecule has 28 heavy (non-hydrogen) atoms. The molecule has 0 spiro atoms. The third kappa shape index (κ3) is 4.75. The van der Waals surface area contributed by atoms with Gasteiger partial charge in [0.05, 0.1) is 5.56 Å². The van der Waals surface area contributed by atoms with Crippen molar-refractivity contribution < 1.29 is 26.7 Å². The zero-order valence-corrected chi connectivity index (χ0v) is 15.6. The molecule has 2 N–H and O–H groups in total. The molecule has 0 radical (unpaired) electrons. The number of rotatable bonds is 6. The summed E-state index contributed by atoms with van der Waals surface area (Å²) in [5, 5.41) is 10.5. The van der Waals surface area contributed by atoms with E-state index in [-0.39, 0.29) is 13.1 Å². The van der Waals surface area contributed by atoms with E-state index in [9.17, 15) is 26.7 Å². The van der Waals surface area contributed by atoms with Gasteiger partial charge in [-0.3, -0.25) is 4.79 Å². The average Bonchev–Trinajstić information content (AvgIpc) is 3.19. The van der Waals surface area contributed by atoms with Gasteiger partial charge in [-0.15, -0.1) is 14.9 Å². The molecule has 0 bridgehead atoms. The second-order valence-corrected chi connectivity index (χ2v) is 8.30. The fourth-order valence-corrected chi connectivity index (χ4v) is 3.41. The summed E-state index contributed by atoms with van der Waals surface area (Å²) in [5.74, 6) is 0.471. The second-order valence-electron chi connectivity index (χ2n) is 6.47. The van der Waals surface area contributed by atoms with Crippen molar-refractivity contribution in [2.45, 2.75) is 38.1 Å². The largest absolute Gasteiger partial charge is 0.598 e. The molecule has 1 aliphatic heterocycles. The van der Waals surface area contributed by atoms with Gasteiger partial charge in [0.1, 0.15) is 35.1 Å². The molecule has 0 saturated carbocycles. The highest BCUT2D eigenvalue weighted by Crippen LogP contribution is 2.30. The molecular weight excluding hydrogens is 399 g/mol. The van der Waals surface area contributed by atoms with Crippen LogP contribution in [0.5, 0.6) is 0 Å². The Kier molecular flexibility index (Phi) is 5.55. The van der Waals surface area contributed by atoms with Gasteiger partial charge >= 0.3 is 6.18 Å². The first-order chi connectivity index (χ1) is 13.0. The Morgan fingerprint density at radius 2 is 2.11 bits per heavy atom. The van der Waals surface area contributed by atoms with Crippen molar-refractivity contribution in [3.8, 4) is 0 Å². The molecule has 0 saturated heterocycles. The summed E-state index contributed by atoms with van der Waals surface area (Å²) >= 11 is 0.